The Bertz CT molecular complexity index is 458. The molecule has 4 N–H and O–H groups in total. The molecule has 6 nitrogen and oxygen atoms in total. The van der Waals surface area contributed by atoms with Crippen molar-refractivity contribution < 1.29 is 29.9 Å². The summed E-state index contributed by atoms with van der Waals surface area (Å²) in [4.78, 5) is 0. The Balaban J connectivity index is 2.10. The van der Waals surface area contributed by atoms with E-state index in [2.05, 4.69) is 34.6 Å². The molecule has 0 bridgehead atoms. The van der Waals surface area contributed by atoms with E-state index >= 15 is 0 Å². The van der Waals surface area contributed by atoms with Crippen LogP contribution in [0.4, 0.5) is 0 Å². The summed E-state index contributed by atoms with van der Waals surface area (Å²) < 4.78 is 11.0. The van der Waals surface area contributed by atoms with Gasteiger partial charge in [0.25, 0.3) is 0 Å². The fourth-order valence-corrected chi connectivity index (χ4v) is 4.53. The van der Waals surface area contributed by atoms with Crippen molar-refractivity contribution >= 4 is 0 Å². The van der Waals surface area contributed by atoms with Crippen LogP contribution in [0.1, 0.15) is 98.8 Å². The van der Waals surface area contributed by atoms with Gasteiger partial charge in [0, 0.05) is 0 Å². The predicted octanol–water partition coefficient (Wildman–Crippen LogP) is 4.27. The number of hydrogen-bond donors (Lipinski definition) is 4. The van der Waals surface area contributed by atoms with Crippen molar-refractivity contribution in [1.29, 1.82) is 0 Å². The van der Waals surface area contributed by atoms with Gasteiger partial charge in [0.1, 0.15) is 24.4 Å². The van der Waals surface area contributed by atoms with Crippen LogP contribution in [0.25, 0.3) is 0 Å². The molecule has 1 aliphatic heterocycles. The third-order valence-electron chi connectivity index (χ3n) is 7.01. The molecule has 0 spiro atoms. The topological polar surface area (TPSA) is 99.4 Å². The average molecular weight is 461 g/mol. The molecule has 1 saturated heterocycles. The van der Waals surface area contributed by atoms with Crippen LogP contribution in [-0.2, 0) is 9.47 Å². The first-order valence-electron chi connectivity index (χ1n) is 13.1. The lowest BCUT2D eigenvalue weighted by atomic mass is 9.91. The maximum Gasteiger partial charge on any atom is 0.186 e. The zero-order valence-corrected chi connectivity index (χ0v) is 21.3. The summed E-state index contributed by atoms with van der Waals surface area (Å²) >= 11 is 0. The van der Waals surface area contributed by atoms with Gasteiger partial charge >= 0.3 is 0 Å². The van der Waals surface area contributed by atoms with E-state index < -0.39 is 37.3 Å². The van der Waals surface area contributed by atoms with Crippen LogP contribution in [0.3, 0.4) is 0 Å². The summed E-state index contributed by atoms with van der Waals surface area (Å²) in [6.07, 6.45) is 6.60. The maximum atomic E-state index is 10.0. The van der Waals surface area contributed by atoms with E-state index in [4.69, 9.17) is 9.47 Å². The normalized spacial score (nSPS) is 29.2. The highest BCUT2D eigenvalue weighted by Crippen LogP contribution is 2.24. The van der Waals surface area contributed by atoms with Gasteiger partial charge in [-0.15, -0.1) is 0 Å². The van der Waals surface area contributed by atoms with Crippen molar-refractivity contribution in [1.82, 2.24) is 0 Å². The van der Waals surface area contributed by atoms with Gasteiger partial charge in [0.15, 0.2) is 6.29 Å². The van der Waals surface area contributed by atoms with Gasteiger partial charge in [-0.05, 0) is 30.1 Å². The fourth-order valence-electron chi connectivity index (χ4n) is 4.53. The zero-order valence-electron chi connectivity index (χ0n) is 21.3. The summed E-state index contributed by atoms with van der Waals surface area (Å²) in [6.45, 7) is 11.6. The van der Waals surface area contributed by atoms with Gasteiger partial charge < -0.3 is 29.9 Å². The lowest BCUT2D eigenvalue weighted by Gasteiger charge is -2.39. The second-order valence-corrected chi connectivity index (χ2v) is 10.9. The van der Waals surface area contributed by atoms with Gasteiger partial charge in [-0.1, -0.05) is 92.4 Å². The number of aliphatic hydroxyl groups is 4. The van der Waals surface area contributed by atoms with Gasteiger partial charge in [0.05, 0.1) is 13.2 Å². The Morgan fingerprint density at radius 2 is 1.12 bits per heavy atom. The van der Waals surface area contributed by atoms with Crippen molar-refractivity contribution in [3.63, 3.8) is 0 Å². The molecule has 1 aliphatic rings. The van der Waals surface area contributed by atoms with Gasteiger partial charge in [-0.2, -0.15) is 0 Å². The molecule has 1 fully saturated rings. The minimum absolute atomic E-state index is 0.411. The molecular formula is C26H52O6. The highest BCUT2D eigenvalue weighted by molar-refractivity contribution is 4.88. The van der Waals surface area contributed by atoms with Crippen LogP contribution >= 0.6 is 0 Å². The van der Waals surface area contributed by atoms with Gasteiger partial charge in [-0.25, -0.2) is 0 Å². The van der Waals surface area contributed by atoms with E-state index in [1.807, 2.05) is 0 Å². The summed E-state index contributed by atoms with van der Waals surface area (Å²) in [6, 6.07) is 0. The molecule has 0 aromatic heterocycles. The third kappa shape index (κ3) is 11.8. The average Bonchev–Trinajstić information content (AvgIpc) is 2.73. The van der Waals surface area contributed by atoms with E-state index in [0.29, 0.717) is 12.5 Å². The maximum absolute atomic E-state index is 10.0. The molecule has 0 amide bonds. The van der Waals surface area contributed by atoms with Crippen molar-refractivity contribution in [2.24, 2.45) is 23.7 Å². The van der Waals surface area contributed by atoms with Crippen molar-refractivity contribution in [3.05, 3.63) is 0 Å². The molecule has 1 rings (SSSR count). The minimum Gasteiger partial charge on any atom is -0.394 e. The first-order chi connectivity index (χ1) is 15.1. The van der Waals surface area contributed by atoms with Crippen molar-refractivity contribution in [2.75, 3.05) is 13.2 Å². The molecule has 0 radical (unpaired) electrons. The van der Waals surface area contributed by atoms with Crippen LogP contribution < -0.4 is 0 Å². The molecule has 0 aliphatic carbocycles. The Morgan fingerprint density at radius 1 is 0.656 bits per heavy atom. The van der Waals surface area contributed by atoms with Crippen LogP contribution in [-0.4, -0.2) is 64.3 Å². The molecule has 0 saturated carbocycles. The summed E-state index contributed by atoms with van der Waals surface area (Å²) in [7, 11) is 0. The third-order valence-corrected chi connectivity index (χ3v) is 7.01. The standard InChI is InChI=1S/C26H52O6/c1-18(2)9-6-10-19(3)11-7-12-20(4)13-8-14-21(5)15-16-31-26-25(30)24(29)23(28)22(17-27)32-26/h18-30H,6-17H2,1-5H3/t19-,20-,21?,22?,23?,24?,25?,26?/m1/s1. The van der Waals surface area contributed by atoms with E-state index in [-0.39, 0.29) is 0 Å². The lowest BCUT2D eigenvalue weighted by molar-refractivity contribution is -0.301. The minimum atomic E-state index is -1.38. The number of hydrogen-bond acceptors (Lipinski definition) is 6. The first-order valence-corrected chi connectivity index (χ1v) is 13.1. The van der Waals surface area contributed by atoms with Gasteiger partial charge in [0.2, 0.25) is 0 Å². The lowest BCUT2D eigenvalue weighted by Crippen LogP contribution is -2.59. The highest BCUT2D eigenvalue weighted by Gasteiger charge is 2.43. The smallest absolute Gasteiger partial charge is 0.186 e. The van der Waals surface area contributed by atoms with Crippen molar-refractivity contribution in [3.8, 4) is 0 Å². The molecule has 8 atom stereocenters. The van der Waals surface area contributed by atoms with Crippen LogP contribution in [0.2, 0.25) is 0 Å². The first kappa shape index (κ1) is 29.8. The molecule has 32 heavy (non-hydrogen) atoms. The Labute approximate surface area is 196 Å². The number of aliphatic hydroxyl groups excluding tert-OH is 4. The molecule has 192 valence electrons. The van der Waals surface area contributed by atoms with Crippen LogP contribution in [0.5, 0.6) is 0 Å². The van der Waals surface area contributed by atoms with Gasteiger partial charge in [-0.3, -0.25) is 0 Å². The Kier molecular flexibility index (Phi) is 15.3. The Morgan fingerprint density at radius 3 is 1.59 bits per heavy atom. The second kappa shape index (κ2) is 16.4. The predicted molar refractivity (Wildman–Crippen MR) is 128 cm³/mol. The van der Waals surface area contributed by atoms with E-state index in [0.717, 1.165) is 30.6 Å². The fraction of sp³-hybridized carbons (Fsp3) is 1.00. The summed E-state index contributed by atoms with van der Waals surface area (Å²) in [5.74, 6) is 2.96. The van der Waals surface area contributed by atoms with E-state index in [1.165, 1.54) is 51.4 Å². The molecule has 6 unspecified atom stereocenters. The summed E-state index contributed by atoms with van der Waals surface area (Å²) in [5.41, 5.74) is 0. The Hall–Kier alpha value is -0.240. The zero-order chi connectivity index (χ0) is 24.1. The molecule has 6 heteroatoms. The highest BCUT2D eigenvalue weighted by atomic mass is 16.7. The molecule has 1 heterocycles. The van der Waals surface area contributed by atoms with Crippen LogP contribution in [0.15, 0.2) is 0 Å². The molecular weight excluding hydrogens is 408 g/mol. The largest absolute Gasteiger partial charge is 0.394 e. The monoisotopic (exact) mass is 460 g/mol. The summed E-state index contributed by atoms with van der Waals surface area (Å²) in [5, 5.41) is 38.9. The van der Waals surface area contributed by atoms with Crippen molar-refractivity contribution in [2.45, 2.75) is 130 Å². The van der Waals surface area contributed by atoms with E-state index in [9.17, 15) is 20.4 Å². The quantitative estimate of drug-likeness (QED) is 0.259. The van der Waals surface area contributed by atoms with E-state index in [1.54, 1.807) is 0 Å². The van der Waals surface area contributed by atoms with Crippen LogP contribution in [0, 0.1) is 23.7 Å². The second-order valence-electron chi connectivity index (χ2n) is 10.9. The molecule has 0 aromatic carbocycles. The molecule has 0 aromatic rings. The SMILES string of the molecule is CC(C)CCC[C@@H](C)CCC[C@@H](C)CCCC(C)CCOC1OC(CO)C(O)C(O)C1O. The number of ether oxygens (including phenoxy) is 2. The number of rotatable bonds is 17.